The largest absolute Gasteiger partial charge is 0.495 e. The predicted octanol–water partition coefficient (Wildman–Crippen LogP) is 2.02. The van der Waals surface area contributed by atoms with Gasteiger partial charge in [-0.25, -0.2) is 4.39 Å². The zero-order valence-corrected chi connectivity index (χ0v) is 10.4. The summed E-state index contributed by atoms with van der Waals surface area (Å²) in [6.07, 6.45) is 0.519. The summed E-state index contributed by atoms with van der Waals surface area (Å²) >= 11 is 5.97. The molecule has 0 aromatic heterocycles. The minimum Gasteiger partial charge on any atom is -0.495 e. The summed E-state index contributed by atoms with van der Waals surface area (Å²) in [6.45, 7) is 2.25. The van der Waals surface area contributed by atoms with E-state index in [0.29, 0.717) is 29.4 Å². The van der Waals surface area contributed by atoms with E-state index in [2.05, 4.69) is 5.32 Å². The minimum absolute atomic E-state index is 0.00251. The molecule has 0 saturated carbocycles. The molecule has 0 unspecified atom stereocenters. The summed E-state index contributed by atoms with van der Waals surface area (Å²) < 4.78 is 24.2. The quantitative estimate of drug-likeness (QED) is 0.901. The summed E-state index contributed by atoms with van der Waals surface area (Å²) in [5.74, 6) is 0.0519. The molecule has 3 nitrogen and oxygen atoms in total. The van der Waals surface area contributed by atoms with Crippen LogP contribution in [0.2, 0.25) is 5.02 Å². The van der Waals surface area contributed by atoms with Crippen molar-refractivity contribution < 1.29 is 13.9 Å². The van der Waals surface area contributed by atoms with Crippen molar-refractivity contribution >= 4 is 11.6 Å². The highest BCUT2D eigenvalue weighted by atomic mass is 35.5. The SMILES string of the molecule is COc1cc(F)c(C[C@@H]2CNCCO2)cc1Cl. The first kappa shape index (κ1) is 12.6. The third-order valence-corrected chi connectivity index (χ3v) is 3.07. The lowest BCUT2D eigenvalue weighted by molar-refractivity contribution is 0.0287. The molecule has 1 atom stereocenters. The van der Waals surface area contributed by atoms with Crippen molar-refractivity contribution in [2.24, 2.45) is 0 Å². The molecule has 1 aromatic rings. The molecule has 0 aliphatic carbocycles. The van der Waals surface area contributed by atoms with E-state index in [0.717, 1.165) is 13.1 Å². The van der Waals surface area contributed by atoms with Crippen LogP contribution >= 0.6 is 11.6 Å². The monoisotopic (exact) mass is 259 g/mol. The van der Waals surface area contributed by atoms with Crippen LogP contribution in [0, 0.1) is 5.82 Å². The topological polar surface area (TPSA) is 30.5 Å². The fourth-order valence-electron chi connectivity index (χ4n) is 1.88. The van der Waals surface area contributed by atoms with Crippen molar-refractivity contribution in [2.45, 2.75) is 12.5 Å². The van der Waals surface area contributed by atoms with Gasteiger partial charge < -0.3 is 14.8 Å². The van der Waals surface area contributed by atoms with Crippen LogP contribution in [-0.4, -0.2) is 32.9 Å². The number of nitrogens with one attached hydrogen (secondary N) is 1. The Labute approximate surface area is 105 Å². The third-order valence-electron chi connectivity index (χ3n) is 2.77. The number of benzene rings is 1. The van der Waals surface area contributed by atoms with E-state index in [1.807, 2.05) is 0 Å². The minimum atomic E-state index is -0.305. The molecule has 0 radical (unpaired) electrons. The number of methoxy groups -OCH3 is 1. The Morgan fingerprint density at radius 1 is 1.59 bits per heavy atom. The lowest BCUT2D eigenvalue weighted by Crippen LogP contribution is -2.39. The van der Waals surface area contributed by atoms with Gasteiger partial charge in [0.15, 0.2) is 0 Å². The molecule has 1 N–H and O–H groups in total. The van der Waals surface area contributed by atoms with Gasteiger partial charge >= 0.3 is 0 Å². The molecule has 1 aliphatic heterocycles. The van der Waals surface area contributed by atoms with Crippen molar-refractivity contribution in [3.05, 3.63) is 28.5 Å². The van der Waals surface area contributed by atoms with Gasteiger partial charge in [-0.3, -0.25) is 0 Å². The Morgan fingerprint density at radius 3 is 3.06 bits per heavy atom. The van der Waals surface area contributed by atoms with Gasteiger partial charge in [-0.15, -0.1) is 0 Å². The second-order valence-electron chi connectivity index (χ2n) is 3.98. The zero-order valence-electron chi connectivity index (χ0n) is 9.63. The van der Waals surface area contributed by atoms with E-state index in [4.69, 9.17) is 21.1 Å². The molecule has 17 heavy (non-hydrogen) atoms. The molecule has 94 valence electrons. The summed E-state index contributed by atoms with van der Waals surface area (Å²) in [5, 5.41) is 3.63. The molecule has 0 spiro atoms. The molecule has 1 aliphatic rings. The average Bonchev–Trinajstić information content (AvgIpc) is 2.34. The Balaban J connectivity index is 2.12. The van der Waals surface area contributed by atoms with Gasteiger partial charge in [-0.05, 0) is 11.6 Å². The summed E-state index contributed by atoms with van der Waals surface area (Å²) in [5.41, 5.74) is 0.560. The number of rotatable bonds is 3. The molecule has 1 heterocycles. The normalized spacial score (nSPS) is 20.3. The average molecular weight is 260 g/mol. The predicted molar refractivity (Wildman–Crippen MR) is 64.3 cm³/mol. The Morgan fingerprint density at radius 2 is 2.41 bits per heavy atom. The molecular weight excluding hydrogens is 245 g/mol. The van der Waals surface area contributed by atoms with Gasteiger partial charge in [0, 0.05) is 25.6 Å². The smallest absolute Gasteiger partial charge is 0.140 e. The Kier molecular flexibility index (Phi) is 4.20. The van der Waals surface area contributed by atoms with Gasteiger partial charge in [-0.2, -0.15) is 0 Å². The summed E-state index contributed by atoms with van der Waals surface area (Å²) in [4.78, 5) is 0. The lowest BCUT2D eigenvalue weighted by atomic mass is 10.1. The van der Waals surface area contributed by atoms with Crippen LogP contribution in [0.25, 0.3) is 0 Å². The second-order valence-corrected chi connectivity index (χ2v) is 4.39. The van der Waals surface area contributed by atoms with Gasteiger partial charge in [-0.1, -0.05) is 11.6 Å². The molecule has 1 aromatic carbocycles. The van der Waals surface area contributed by atoms with Gasteiger partial charge in [0.1, 0.15) is 11.6 Å². The van der Waals surface area contributed by atoms with Crippen LogP contribution in [0.4, 0.5) is 4.39 Å². The van der Waals surface area contributed by atoms with Crippen LogP contribution < -0.4 is 10.1 Å². The van der Waals surface area contributed by atoms with Crippen molar-refractivity contribution in [1.82, 2.24) is 5.32 Å². The molecule has 0 bridgehead atoms. The van der Waals surface area contributed by atoms with E-state index in [-0.39, 0.29) is 11.9 Å². The molecule has 1 fully saturated rings. The van der Waals surface area contributed by atoms with Crippen molar-refractivity contribution in [3.8, 4) is 5.75 Å². The highest BCUT2D eigenvalue weighted by Gasteiger charge is 2.17. The maximum Gasteiger partial charge on any atom is 0.140 e. The standard InChI is InChI=1S/C12H15ClFNO2/c1-16-12-6-11(14)8(5-10(12)13)4-9-7-15-2-3-17-9/h5-6,9,15H,2-4,7H2,1H3/t9-/m1/s1. The van der Waals surface area contributed by atoms with Gasteiger partial charge in [0.2, 0.25) is 0 Å². The molecule has 0 amide bonds. The molecule has 1 saturated heterocycles. The number of hydrogen-bond acceptors (Lipinski definition) is 3. The zero-order chi connectivity index (χ0) is 12.3. The fraction of sp³-hybridized carbons (Fsp3) is 0.500. The van der Waals surface area contributed by atoms with Gasteiger partial charge in [0.05, 0.1) is 24.8 Å². The van der Waals surface area contributed by atoms with Crippen LogP contribution in [0.5, 0.6) is 5.75 Å². The molecular formula is C12H15ClFNO2. The molecule has 2 rings (SSSR count). The van der Waals surface area contributed by atoms with Crippen molar-refractivity contribution in [3.63, 3.8) is 0 Å². The van der Waals surface area contributed by atoms with E-state index in [1.165, 1.54) is 13.2 Å². The van der Waals surface area contributed by atoms with Crippen LogP contribution in [0.15, 0.2) is 12.1 Å². The van der Waals surface area contributed by atoms with Crippen LogP contribution in [0.1, 0.15) is 5.56 Å². The van der Waals surface area contributed by atoms with Crippen molar-refractivity contribution in [1.29, 1.82) is 0 Å². The fourth-order valence-corrected chi connectivity index (χ4v) is 2.14. The summed E-state index contributed by atoms with van der Waals surface area (Å²) in [7, 11) is 1.47. The highest BCUT2D eigenvalue weighted by Crippen LogP contribution is 2.28. The maximum atomic E-state index is 13.8. The van der Waals surface area contributed by atoms with E-state index >= 15 is 0 Å². The first-order chi connectivity index (χ1) is 8.20. The van der Waals surface area contributed by atoms with Crippen LogP contribution in [0.3, 0.4) is 0 Å². The first-order valence-corrected chi connectivity index (χ1v) is 5.92. The lowest BCUT2D eigenvalue weighted by Gasteiger charge is -2.24. The Bertz CT molecular complexity index is 394. The number of morpholine rings is 1. The number of ether oxygens (including phenoxy) is 2. The maximum absolute atomic E-state index is 13.8. The van der Waals surface area contributed by atoms with Gasteiger partial charge in [0.25, 0.3) is 0 Å². The van der Waals surface area contributed by atoms with E-state index in [1.54, 1.807) is 6.07 Å². The Hall–Kier alpha value is -0.840. The van der Waals surface area contributed by atoms with Crippen LogP contribution in [-0.2, 0) is 11.2 Å². The second kappa shape index (κ2) is 5.67. The van der Waals surface area contributed by atoms with E-state index in [9.17, 15) is 4.39 Å². The number of halogens is 2. The van der Waals surface area contributed by atoms with E-state index < -0.39 is 0 Å². The molecule has 5 heteroatoms. The summed E-state index contributed by atoms with van der Waals surface area (Å²) in [6, 6.07) is 2.92. The van der Waals surface area contributed by atoms with Crippen molar-refractivity contribution in [2.75, 3.05) is 26.8 Å². The number of hydrogen-bond donors (Lipinski definition) is 1. The highest BCUT2D eigenvalue weighted by molar-refractivity contribution is 6.32. The first-order valence-electron chi connectivity index (χ1n) is 5.55. The third kappa shape index (κ3) is 3.09.